The number of hydrogen-bond donors (Lipinski definition) is 2. The summed E-state index contributed by atoms with van der Waals surface area (Å²) in [6.07, 6.45) is 4.20. The summed E-state index contributed by atoms with van der Waals surface area (Å²) in [6.45, 7) is 9.42. The standard InChI is InChI=1S/C26H30ClN5O3SSi/c1-17(33)30-21-15-19(9-10-28-21)26-31-22(23(34)18-5-7-20(27)8-6-18)24(36-26)25-29-11-12-32(25)16-35-13-14-37(2,3)4/h5-12,15,23,34H,13-14,16H2,1-4H3,(H,28,30,33). The first-order valence-corrected chi connectivity index (χ1v) is 16.8. The van der Waals surface area contributed by atoms with Crippen molar-refractivity contribution in [1.29, 1.82) is 0 Å². The van der Waals surface area contributed by atoms with Crippen molar-refractivity contribution in [2.24, 2.45) is 0 Å². The van der Waals surface area contributed by atoms with Crippen molar-refractivity contribution >= 4 is 42.7 Å². The molecule has 0 bridgehead atoms. The zero-order valence-electron chi connectivity index (χ0n) is 21.2. The van der Waals surface area contributed by atoms with E-state index in [1.165, 1.54) is 18.3 Å². The number of thiazole rings is 1. The van der Waals surface area contributed by atoms with Crippen LogP contribution >= 0.6 is 22.9 Å². The highest BCUT2D eigenvalue weighted by Gasteiger charge is 2.25. The summed E-state index contributed by atoms with van der Waals surface area (Å²) in [5.74, 6) is 0.884. The van der Waals surface area contributed by atoms with Gasteiger partial charge in [0.25, 0.3) is 0 Å². The van der Waals surface area contributed by atoms with E-state index in [0.29, 0.717) is 46.3 Å². The van der Waals surface area contributed by atoms with E-state index in [-0.39, 0.29) is 5.91 Å². The molecule has 0 aliphatic heterocycles. The summed E-state index contributed by atoms with van der Waals surface area (Å²) in [7, 11) is -1.20. The van der Waals surface area contributed by atoms with Gasteiger partial charge in [0.2, 0.25) is 5.91 Å². The number of ether oxygens (including phenoxy) is 1. The Morgan fingerprint density at radius 2 is 1.95 bits per heavy atom. The number of nitrogens with zero attached hydrogens (tertiary/aromatic N) is 4. The summed E-state index contributed by atoms with van der Waals surface area (Å²) >= 11 is 7.48. The zero-order valence-corrected chi connectivity index (χ0v) is 23.8. The first-order valence-electron chi connectivity index (χ1n) is 11.9. The smallest absolute Gasteiger partial charge is 0.222 e. The van der Waals surface area contributed by atoms with Gasteiger partial charge in [0.05, 0.1) is 10.6 Å². The fourth-order valence-electron chi connectivity index (χ4n) is 3.58. The number of hydrogen-bond acceptors (Lipinski definition) is 7. The third-order valence-electron chi connectivity index (χ3n) is 5.55. The molecular formula is C26H30ClN5O3SSi. The molecule has 8 nitrogen and oxygen atoms in total. The highest BCUT2D eigenvalue weighted by Crippen LogP contribution is 2.40. The van der Waals surface area contributed by atoms with Crippen LogP contribution in [0.2, 0.25) is 30.7 Å². The summed E-state index contributed by atoms with van der Waals surface area (Å²) in [5, 5.41) is 15.3. The fourth-order valence-corrected chi connectivity index (χ4v) is 5.57. The Labute approximate surface area is 226 Å². The van der Waals surface area contributed by atoms with E-state index in [2.05, 4.69) is 34.9 Å². The second-order valence-corrected chi connectivity index (χ2v) is 16.9. The molecule has 194 valence electrons. The van der Waals surface area contributed by atoms with E-state index in [9.17, 15) is 9.90 Å². The lowest BCUT2D eigenvalue weighted by Gasteiger charge is -2.16. The molecule has 3 heterocycles. The van der Waals surface area contributed by atoms with E-state index in [1.54, 1.807) is 42.7 Å². The van der Waals surface area contributed by atoms with Crippen LogP contribution in [-0.4, -0.2) is 45.2 Å². The highest BCUT2D eigenvalue weighted by molar-refractivity contribution is 7.18. The molecule has 1 aromatic carbocycles. The predicted octanol–water partition coefficient (Wildman–Crippen LogP) is 6.07. The molecule has 1 atom stereocenters. The zero-order chi connectivity index (χ0) is 26.6. The molecule has 0 saturated heterocycles. The molecule has 37 heavy (non-hydrogen) atoms. The van der Waals surface area contributed by atoms with Crippen LogP contribution in [0, 0.1) is 0 Å². The number of aromatic nitrogens is 4. The van der Waals surface area contributed by atoms with Crippen LogP contribution in [0.25, 0.3) is 21.3 Å². The van der Waals surface area contributed by atoms with Crippen LogP contribution < -0.4 is 5.32 Å². The molecule has 0 fully saturated rings. The van der Waals surface area contributed by atoms with Gasteiger partial charge >= 0.3 is 0 Å². The lowest BCUT2D eigenvalue weighted by molar-refractivity contribution is -0.114. The van der Waals surface area contributed by atoms with Crippen molar-refractivity contribution in [2.75, 3.05) is 11.9 Å². The Morgan fingerprint density at radius 3 is 2.65 bits per heavy atom. The maximum Gasteiger partial charge on any atom is 0.222 e. The average molecular weight is 556 g/mol. The third-order valence-corrected chi connectivity index (χ3v) is 8.63. The number of aliphatic hydroxyl groups excluding tert-OH is 1. The number of imidazole rings is 1. The molecule has 0 radical (unpaired) electrons. The van der Waals surface area contributed by atoms with Gasteiger partial charge < -0.3 is 19.7 Å². The maximum atomic E-state index is 11.5. The summed E-state index contributed by atoms with van der Waals surface area (Å²) < 4.78 is 7.90. The first kappa shape index (κ1) is 27.1. The van der Waals surface area contributed by atoms with Crippen molar-refractivity contribution < 1.29 is 14.6 Å². The minimum atomic E-state index is -1.20. The molecular weight excluding hydrogens is 526 g/mol. The Hall–Kier alpha value is -2.89. The molecule has 0 aliphatic carbocycles. The van der Waals surface area contributed by atoms with Crippen molar-refractivity contribution in [3.05, 3.63) is 71.3 Å². The minimum Gasteiger partial charge on any atom is -0.382 e. The van der Waals surface area contributed by atoms with Gasteiger partial charge in [-0.25, -0.2) is 15.0 Å². The van der Waals surface area contributed by atoms with E-state index >= 15 is 0 Å². The van der Waals surface area contributed by atoms with Crippen LogP contribution in [-0.2, 0) is 16.3 Å². The second kappa shape index (κ2) is 11.7. The number of nitrogens with one attached hydrogen (secondary N) is 1. The number of anilines is 1. The predicted molar refractivity (Wildman–Crippen MR) is 150 cm³/mol. The lowest BCUT2D eigenvalue weighted by Crippen LogP contribution is -2.22. The van der Waals surface area contributed by atoms with Crippen LogP contribution in [0.15, 0.2) is 55.0 Å². The van der Waals surface area contributed by atoms with Crippen molar-refractivity contribution in [3.8, 4) is 21.3 Å². The lowest BCUT2D eigenvalue weighted by atomic mass is 10.1. The largest absolute Gasteiger partial charge is 0.382 e. The minimum absolute atomic E-state index is 0.209. The summed E-state index contributed by atoms with van der Waals surface area (Å²) in [6, 6.07) is 11.7. The van der Waals surface area contributed by atoms with Gasteiger partial charge in [-0.15, -0.1) is 11.3 Å². The van der Waals surface area contributed by atoms with E-state index in [0.717, 1.165) is 16.5 Å². The Bertz CT molecular complexity index is 1370. The number of aliphatic hydroxyl groups is 1. The number of benzene rings is 1. The van der Waals surface area contributed by atoms with E-state index < -0.39 is 14.2 Å². The normalized spacial score (nSPS) is 12.5. The van der Waals surface area contributed by atoms with Gasteiger partial charge in [-0.05, 0) is 35.9 Å². The fraction of sp³-hybridized carbons (Fsp3) is 0.308. The Morgan fingerprint density at radius 1 is 1.19 bits per heavy atom. The van der Waals surface area contributed by atoms with E-state index in [1.807, 2.05) is 16.8 Å². The maximum absolute atomic E-state index is 11.5. The summed E-state index contributed by atoms with van der Waals surface area (Å²) in [5.41, 5.74) is 1.92. The molecule has 1 unspecified atom stereocenters. The van der Waals surface area contributed by atoms with Crippen LogP contribution in [0.4, 0.5) is 5.82 Å². The molecule has 11 heteroatoms. The van der Waals surface area contributed by atoms with Gasteiger partial charge in [-0.3, -0.25) is 4.79 Å². The number of rotatable bonds is 10. The van der Waals surface area contributed by atoms with Crippen molar-refractivity contribution in [1.82, 2.24) is 19.5 Å². The average Bonchev–Trinajstić information content (AvgIpc) is 3.48. The van der Waals surface area contributed by atoms with Crippen molar-refractivity contribution in [2.45, 2.75) is 45.4 Å². The van der Waals surface area contributed by atoms with Crippen molar-refractivity contribution in [3.63, 3.8) is 0 Å². The number of carbonyl (C=O) groups excluding carboxylic acids is 1. The molecule has 0 saturated carbocycles. The SMILES string of the molecule is CC(=O)Nc1cc(-c2nc(C(O)c3ccc(Cl)cc3)c(-c3nccn3COCC[Si](C)(C)C)s2)ccn1. The number of carbonyl (C=O) groups is 1. The van der Waals surface area contributed by atoms with Crippen LogP contribution in [0.1, 0.15) is 24.3 Å². The quantitative estimate of drug-likeness (QED) is 0.182. The Kier molecular flexibility index (Phi) is 8.55. The topological polar surface area (TPSA) is 102 Å². The highest BCUT2D eigenvalue weighted by atomic mass is 35.5. The van der Waals surface area contributed by atoms with Gasteiger partial charge in [0.15, 0.2) is 5.82 Å². The second-order valence-electron chi connectivity index (χ2n) is 9.87. The molecule has 1 amide bonds. The van der Waals surface area contributed by atoms with Crippen LogP contribution in [0.3, 0.4) is 0 Å². The molecule has 0 spiro atoms. The molecule has 4 aromatic rings. The third kappa shape index (κ3) is 7.11. The van der Waals surface area contributed by atoms with E-state index in [4.69, 9.17) is 21.3 Å². The van der Waals surface area contributed by atoms with Gasteiger partial charge in [-0.1, -0.05) is 43.4 Å². The van der Waals surface area contributed by atoms with Gasteiger partial charge in [0.1, 0.15) is 23.7 Å². The molecule has 4 rings (SSSR count). The first-order chi connectivity index (χ1) is 17.6. The summed E-state index contributed by atoms with van der Waals surface area (Å²) in [4.78, 5) is 25.9. The van der Waals surface area contributed by atoms with Crippen LogP contribution in [0.5, 0.6) is 0 Å². The van der Waals surface area contributed by atoms with Gasteiger partial charge in [0, 0.05) is 50.8 Å². The monoisotopic (exact) mass is 555 g/mol. The molecule has 0 aliphatic rings. The van der Waals surface area contributed by atoms with Gasteiger partial charge in [-0.2, -0.15) is 0 Å². The number of pyridine rings is 1. The number of amides is 1. The molecule has 2 N–H and O–H groups in total. The Balaban J connectivity index is 1.71. The number of halogens is 1. The molecule has 3 aromatic heterocycles.